The van der Waals surface area contributed by atoms with E-state index >= 15 is 0 Å². The van der Waals surface area contributed by atoms with E-state index in [0.29, 0.717) is 5.75 Å². The first-order chi connectivity index (χ1) is 6.40. The molecule has 2 amide bonds. The Balaban J connectivity index is 2.50. The minimum Gasteiger partial charge on any atom is -0.331 e. The fraction of sp³-hybridized carbons (Fsp3) is 0.750. The maximum Gasteiger partial charge on any atom is 0.260 e. The van der Waals surface area contributed by atoms with Crippen molar-refractivity contribution < 1.29 is 9.59 Å². The molecule has 3 fully saturated rings. The van der Waals surface area contributed by atoms with Gasteiger partial charge in [0.25, 0.3) is 5.91 Å². The lowest BCUT2D eigenvalue weighted by molar-refractivity contribution is -0.153. The Morgan fingerprint density at radius 2 is 2.07 bits per heavy atom. The Morgan fingerprint density at radius 1 is 1.43 bits per heavy atom. The fourth-order valence-corrected chi connectivity index (χ4v) is 4.68. The average Bonchev–Trinajstić information content (AvgIpc) is 2.27. The predicted molar refractivity (Wildman–Crippen MR) is 57.8 cm³/mol. The number of fused-ring (bicyclic) bond motifs is 4. The SMILES string of the molecule is CN1C(=O)C2(C)NC(=O)C1(C)CSS2. The van der Waals surface area contributed by atoms with Crippen LogP contribution in [0.5, 0.6) is 0 Å². The summed E-state index contributed by atoms with van der Waals surface area (Å²) in [5, 5.41) is 2.79. The van der Waals surface area contributed by atoms with E-state index in [4.69, 9.17) is 0 Å². The lowest BCUT2D eigenvalue weighted by atomic mass is 9.96. The topological polar surface area (TPSA) is 49.4 Å². The van der Waals surface area contributed by atoms with Crippen molar-refractivity contribution in [3.63, 3.8) is 0 Å². The smallest absolute Gasteiger partial charge is 0.260 e. The summed E-state index contributed by atoms with van der Waals surface area (Å²) in [6.45, 7) is 3.56. The Kier molecular flexibility index (Phi) is 2.05. The molecule has 3 saturated heterocycles. The lowest BCUT2D eigenvalue weighted by Gasteiger charge is -2.44. The van der Waals surface area contributed by atoms with E-state index in [1.165, 1.54) is 10.8 Å². The summed E-state index contributed by atoms with van der Waals surface area (Å²) in [4.78, 5) is 24.6. The van der Waals surface area contributed by atoms with Crippen molar-refractivity contribution in [2.24, 2.45) is 0 Å². The van der Waals surface area contributed by atoms with Crippen LogP contribution < -0.4 is 5.32 Å². The van der Waals surface area contributed by atoms with Gasteiger partial charge in [0.1, 0.15) is 5.54 Å². The normalized spacial score (nSPS) is 42.4. The molecule has 0 aromatic carbocycles. The molecule has 6 heteroatoms. The van der Waals surface area contributed by atoms with Crippen molar-refractivity contribution >= 4 is 33.4 Å². The number of carbonyl (C=O) groups is 2. The summed E-state index contributed by atoms with van der Waals surface area (Å²) in [5.41, 5.74) is -0.690. The van der Waals surface area contributed by atoms with E-state index in [9.17, 15) is 9.59 Å². The van der Waals surface area contributed by atoms with E-state index in [-0.39, 0.29) is 11.8 Å². The summed E-state index contributed by atoms with van der Waals surface area (Å²) in [6.07, 6.45) is 0. The van der Waals surface area contributed by atoms with E-state index in [0.717, 1.165) is 0 Å². The molecule has 3 aliphatic rings. The van der Waals surface area contributed by atoms with Crippen molar-refractivity contribution in [3.05, 3.63) is 0 Å². The monoisotopic (exact) mass is 232 g/mol. The molecule has 3 heterocycles. The van der Waals surface area contributed by atoms with Gasteiger partial charge in [-0.3, -0.25) is 9.59 Å². The van der Waals surface area contributed by atoms with E-state index < -0.39 is 10.4 Å². The molecule has 0 aromatic heterocycles. The molecule has 0 aromatic rings. The zero-order valence-corrected chi connectivity index (χ0v) is 9.92. The van der Waals surface area contributed by atoms with Crippen LogP contribution in [-0.4, -0.2) is 39.9 Å². The van der Waals surface area contributed by atoms with Gasteiger partial charge in [-0.1, -0.05) is 21.6 Å². The summed E-state index contributed by atoms with van der Waals surface area (Å²) in [6, 6.07) is 0. The minimum absolute atomic E-state index is 0.0189. The standard InChI is InChI=1S/C8H12N2O2S2/c1-7-4-13-14-8(2,9-5(7)11)6(12)10(7)3/h4H2,1-3H3,(H,9,11). The average molecular weight is 232 g/mol. The van der Waals surface area contributed by atoms with E-state index in [2.05, 4.69) is 5.32 Å². The third kappa shape index (κ3) is 1.10. The molecule has 2 bridgehead atoms. The molecule has 4 nitrogen and oxygen atoms in total. The Labute approximate surface area is 90.6 Å². The van der Waals surface area contributed by atoms with Crippen LogP contribution in [0, 0.1) is 0 Å². The number of amides is 2. The number of rotatable bonds is 0. The van der Waals surface area contributed by atoms with Crippen LogP contribution in [-0.2, 0) is 9.59 Å². The first kappa shape index (κ1) is 10.2. The highest BCUT2D eigenvalue weighted by Gasteiger charge is 2.56. The number of nitrogens with one attached hydrogen (secondary N) is 1. The van der Waals surface area contributed by atoms with Gasteiger partial charge in [-0.15, -0.1) is 0 Å². The van der Waals surface area contributed by atoms with Gasteiger partial charge in [-0.2, -0.15) is 0 Å². The molecule has 2 unspecified atom stereocenters. The Bertz CT molecular complexity index is 322. The second-order valence-electron chi connectivity index (χ2n) is 3.97. The van der Waals surface area contributed by atoms with Crippen LogP contribution in [0.3, 0.4) is 0 Å². The highest BCUT2D eigenvalue weighted by atomic mass is 33.1. The molecule has 0 aliphatic carbocycles. The van der Waals surface area contributed by atoms with Crippen LogP contribution in [0.1, 0.15) is 13.8 Å². The van der Waals surface area contributed by atoms with Crippen molar-refractivity contribution in [2.45, 2.75) is 24.3 Å². The first-order valence-electron chi connectivity index (χ1n) is 4.32. The number of likely N-dealkylation sites (N-methyl/N-ethyl adjacent to an activating group) is 1. The van der Waals surface area contributed by atoms with Crippen LogP contribution >= 0.6 is 21.6 Å². The summed E-state index contributed by atoms with van der Waals surface area (Å²) >= 11 is 0. The molecular formula is C8H12N2O2S2. The number of carbonyl (C=O) groups excluding carboxylic acids is 2. The molecule has 2 atom stereocenters. The number of hydrogen-bond donors (Lipinski definition) is 1. The van der Waals surface area contributed by atoms with Crippen LogP contribution in [0.2, 0.25) is 0 Å². The van der Waals surface area contributed by atoms with E-state index in [1.54, 1.807) is 36.6 Å². The molecule has 0 saturated carbocycles. The minimum atomic E-state index is -0.785. The molecule has 0 spiro atoms. The van der Waals surface area contributed by atoms with Crippen LogP contribution in [0.25, 0.3) is 0 Å². The quantitative estimate of drug-likeness (QED) is 0.616. The number of hydrogen-bond acceptors (Lipinski definition) is 4. The predicted octanol–water partition coefficient (Wildman–Crippen LogP) is 0.445. The van der Waals surface area contributed by atoms with Gasteiger partial charge in [0.15, 0.2) is 4.87 Å². The Morgan fingerprint density at radius 3 is 2.71 bits per heavy atom. The van der Waals surface area contributed by atoms with Crippen molar-refractivity contribution in [2.75, 3.05) is 12.8 Å². The first-order valence-corrected chi connectivity index (χ1v) is 6.63. The fourth-order valence-electron chi connectivity index (χ4n) is 1.58. The lowest BCUT2D eigenvalue weighted by Crippen LogP contribution is -2.71. The zero-order valence-electron chi connectivity index (χ0n) is 8.29. The van der Waals surface area contributed by atoms with E-state index in [1.807, 2.05) is 0 Å². The highest BCUT2D eigenvalue weighted by molar-refractivity contribution is 8.77. The van der Waals surface area contributed by atoms with Gasteiger partial charge in [-0.05, 0) is 13.8 Å². The molecule has 78 valence electrons. The number of piperazine rings is 1. The zero-order chi connectivity index (χ0) is 10.6. The third-order valence-corrected chi connectivity index (χ3v) is 5.97. The van der Waals surface area contributed by atoms with Gasteiger partial charge < -0.3 is 10.2 Å². The van der Waals surface area contributed by atoms with Crippen molar-refractivity contribution in [3.8, 4) is 0 Å². The maximum atomic E-state index is 12.0. The molecule has 3 rings (SSSR count). The second-order valence-corrected chi connectivity index (χ2v) is 6.69. The van der Waals surface area contributed by atoms with Gasteiger partial charge in [-0.25, -0.2) is 0 Å². The Hall–Kier alpha value is -0.360. The summed E-state index contributed by atoms with van der Waals surface area (Å²) < 4.78 is 0. The summed E-state index contributed by atoms with van der Waals surface area (Å²) in [5.74, 6) is 0.565. The largest absolute Gasteiger partial charge is 0.331 e. The van der Waals surface area contributed by atoms with Gasteiger partial charge in [0.05, 0.1) is 0 Å². The van der Waals surface area contributed by atoms with Crippen LogP contribution in [0.15, 0.2) is 0 Å². The maximum absolute atomic E-state index is 12.0. The van der Waals surface area contributed by atoms with Crippen LogP contribution in [0.4, 0.5) is 0 Å². The second kappa shape index (κ2) is 2.82. The van der Waals surface area contributed by atoms with Gasteiger partial charge in [0.2, 0.25) is 5.91 Å². The third-order valence-electron chi connectivity index (χ3n) is 2.86. The van der Waals surface area contributed by atoms with Crippen molar-refractivity contribution in [1.82, 2.24) is 10.2 Å². The number of nitrogens with zero attached hydrogens (tertiary/aromatic N) is 1. The summed E-state index contributed by atoms with van der Waals surface area (Å²) in [7, 11) is 4.71. The van der Waals surface area contributed by atoms with Gasteiger partial charge in [0, 0.05) is 12.8 Å². The highest BCUT2D eigenvalue weighted by Crippen LogP contribution is 2.45. The molecule has 1 N–H and O–H groups in total. The molecule has 0 radical (unpaired) electrons. The van der Waals surface area contributed by atoms with Crippen molar-refractivity contribution in [1.29, 1.82) is 0 Å². The van der Waals surface area contributed by atoms with Gasteiger partial charge >= 0.3 is 0 Å². The molecular weight excluding hydrogens is 220 g/mol. The molecule has 3 aliphatic heterocycles. The molecule has 14 heavy (non-hydrogen) atoms.